The van der Waals surface area contributed by atoms with Crippen molar-refractivity contribution in [1.82, 2.24) is 5.32 Å². The summed E-state index contributed by atoms with van der Waals surface area (Å²) in [5, 5.41) is 3.47. The number of nitrogens with one attached hydrogen (secondary N) is 1. The average molecular weight is 500 g/mol. The lowest BCUT2D eigenvalue weighted by Crippen LogP contribution is -2.29. The van der Waals surface area contributed by atoms with Crippen molar-refractivity contribution in [3.63, 3.8) is 0 Å². The molecule has 2 aromatic carbocycles. The summed E-state index contributed by atoms with van der Waals surface area (Å²) >= 11 is 0. The van der Waals surface area contributed by atoms with E-state index < -0.39 is 0 Å². The van der Waals surface area contributed by atoms with E-state index in [1.807, 2.05) is 53.7 Å². The first-order valence-electron chi connectivity index (χ1n) is 12.5. The molecule has 7 heteroatoms. The van der Waals surface area contributed by atoms with Crippen LogP contribution >= 0.6 is 0 Å². The molecule has 0 aliphatic heterocycles. The Labute approximate surface area is 215 Å². The van der Waals surface area contributed by atoms with Crippen LogP contribution in [0.5, 0.6) is 23.0 Å². The molecule has 2 rings (SSSR count). The highest BCUT2D eigenvalue weighted by Crippen LogP contribution is 2.38. The zero-order valence-corrected chi connectivity index (χ0v) is 23.4. The Morgan fingerprint density at radius 3 is 2.03 bits per heavy atom. The molecule has 0 amide bonds. The minimum Gasteiger partial charge on any atom is -0.493 e. The molecule has 0 spiro atoms. The minimum absolute atomic E-state index is 0.128. The van der Waals surface area contributed by atoms with Crippen LogP contribution in [0.1, 0.15) is 80.8 Å². The van der Waals surface area contributed by atoms with Crippen LogP contribution in [0.2, 0.25) is 0 Å². The monoisotopic (exact) mass is 499 g/mol. The molecule has 0 fully saturated rings. The molecule has 198 valence electrons. The summed E-state index contributed by atoms with van der Waals surface area (Å²) in [5.41, 5.74) is 5.54. The van der Waals surface area contributed by atoms with Gasteiger partial charge in [-0.05, 0) is 76.3 Å². The number of esters is 2. The van der Waals surface area contributed by atoms with Crippen LogP contribution in [0.4, 0.5) is 0 Å². The highest BCUT2D eigenvalue weighted by Gasteiger charge is 2.21. The smallest absolute Gasteiger partial charge is 0.308 e. The van der Waals surface area contributed by atoms with Crippen molar-refractivity contribution in [1.29, 1.82) is 0 Å². The van der Waals surface area contributed by atoms with Gasteiger partial charge in [0.2, 0.25) is 0 Å². The van der Waals surface area contributed by atoms with Crippen LogP contribution in [-0.2, 0) is 16.1 Å². The third-order valence-corrected chi connectivity index (χ3v) is 6.09. The number of benzene rings is 2. The minimum atomic E-state index is -0.346. The van der Waals surface area contributed by atoms with Crippen molar-refractivity contribution in [2.24, 2.45) is 0 Å². The summed E-state index contributed by atoms with van der Waals surface area (Å²) in [6.07, 6.45) is -0.128. The topological polar surface area (TPSA) is 83.1 Å². The third kappa shape index (κ3) is 7.23. The van der Waals surface area contributed by atoms with E-state index in [2.05, 4.69) is 19.2 Å². The van der Waals surface area contributed by atoms with E-state index in [1.54, 1.807) is 0 Å². The van der Waals surface area contributed by atoms with Gasteiger partial charge in [0.25, 0.3) is 0 Å². The van der Waals surface area contributed by atoms with Crippen molar-refractivity contribution in [2.45, 2.75) is 87.8 Å². The number of hydrogen-bond acceptors (Lipinski definition) is 7. The van der Waals surface area contributed by atoms with Gasteiger partial charge in [-0.3, -0.25) is 9.59 Å². The number of carbonyl (C=O) groups is 2. The molecule has 1 atom stereocenters. The summed E-state index contributed by atoms with van der Waals surface area (Å²) < 4.78 is 23.2. The van der Waals surface area contributed by atoms with E-state index in [4.69, 9.17) is 18.9 Å². The maximum atomic E-state index is 11.7. The fraction of sp³-hybridized carbons (Fsp3) is 0.517. The molecule has 2 aromatic rings. The van der Waals surface area contributed by atoms with Gasteiger partial charge >= 0.3 is 11.9 Å². The molecule has 1 unspecified atom stereocenters. The molecular formula is C29H41NO6. The Balaban J connectivity index is 2.22. The van der Waals surface area contributed by atoms with Gasteiger partial charge in [-0.2, -0.15) is 0 Å². The lowest BCUT2D eigenvalue weighted by molar-refractivity contribution is -0.132. The number of carbonyl (C=O) groups excluding carboxylic acids is 2. The van der Waals surface area contributed by atoms with E-state index in [-0.39, 0.29) is 24.0 Å². The lowest BCUT2D eigenvalue weighted by atomic mass is 9.97. The predicted octanol–water partition coefficient (Wildman–Crippen LogP) is 5.85. The van der Waals surface area contributed by atoms with E-state index in [9.17, 15) is 9.59 Å². The van der Waals surface area contributed by atoms with Gasteiger partial charge in [0.15, 0.2) is 0 Å². The molecule has 36 heavy (non-hydrogen) atoms. The van der Waals surface area contributed by atoms with Gasteiger partial charge in [0.05, 0.1) is 6.61 Å². The van der Waals surface area contributed by atoms with E-state index in [0.717, 1.165) is 44.9 Å². The maximum Gasteiger partial charge on any atom is 0.308 e. The molecule has 0 aliphatic rings. The highest BCUT2D eigenvalue weighted by atomic mass is 16.5. The molecule has 0 aromatic heterocycles. The molecule has 0 saturated heterocycles. The van der Waals surface area contributed by atoms with Crippen LogP contribution in [-0.4, -0.2) is 31.2 Å². The molecule has 0 heterocycles. The second-order valence-electron chi connectivity index (χ2n) is 9.50. The SMILES string of the molecule is CCOc1c(C)c(C)c(OC(C)=O)c(C)c1CNCC(C)Oc1cc(C)c(OC(C)=O)cc1C(C)C. The number of aryl methyl sites for hydroxylation is 1. The highest BCUT2D eigenvalue weighted by molar-refractivity contribution is 5.72. The number of hydrogen-bond donors (Lipinski definition) is 1. The van der Waals surface area contributed by atoms with Crippen LogP contribution in [0.25, 0.3) is 0 Å². The van der Waals surface area contributed by atoms with Gasteiger partial charge in [-0.15, -0.1) is 0 Å². The van der Waals surface area contributed by atoms with Crippen LogP contribution < -0.4 is 24.3 Å². The Bertz CT molecular complexity index is 1110. The molecular weight excluding hydrogens is 458 g/mol. The molecule has 0 saturated carbocycles. The van der Waals surface area contributed by atoms with E-state index in [1.165, 1.54) is 13.8 Å². The second kappa shape index (κ2) is 12.8. The van der Waals surface area contributed by atoms with Gasteiger partial charge in [0.1, 0.15) is 29.1 Å². The van der Waals surface area contributed by atoms with Crippen molar-refractivity contribution in [3.8, 4) is 23.0 Å². The van der Waals surface area contributed by atoms with Crippen molar-refractivity contribution >= 4 is 11.9 Å². The molecule has 0 aliphatic carbocycles. The van der Waals surface area contributed by atoms with Crippen molar-refractivity contribution < 1.29 is 28.5 Å². The Hall–Kier alpha value is -3.06. The lowest BCUT2D eigenvalue weighted by Gasteiger charge is -2.23. The van der Waals surface area contributed by atoms with Crippen LogP contribution in [0, 0.1) is 27.7 Å². The van der Waals surface area contributed by atoms with E-state index in [0.29, 0.717) is 31.2 Å². The largest absolute Gasteiger partial charge is 0.493 e. The summed E-state index contributed by atoms with van der Waals surface area (Å²) in [6, 6.07) is 3.82. The Morgan fingerprint density at radius 1 is 0.861 bits per heavy atom. The standard InChI is InChI=1S/C29H41NO6/c1-11-33-29-20(7)19(6)28(36-23(10)32)21(8)25(29)15-30-14-18(5)34-27-12-17(4)26(35-22(9)31)13-24(27)16(2)3/h12-13,16,18,30H,11,14-15H2,1-10H3. The molecule has 0 radical (unpaired) electrons. The maximum absolute atomic E-state index is 11.7. The predicted molar refractivity (Wildman–Crippen MR) is 142 cm³/mol. The summed E-state index contributed by atoms with van der Waals surface area (Å²) in [6.45, 7) is 20.4. The average Bonchev–Trinajstić information content (AvgIpc) is 2.78. The second-order valence-corrected chi connectivity index (χ2v) is 9.50. The zero-order valence-electron chi connectivity index (χ0n) is 23.4. The van der Waals surface area contributed by atoms with Crippen molar-refractivity contribution in [3.05, 3.63) is 45.5 Å². The fourth-order valence-corrected chi connectivity index (χ4v) is 4.16. The quantitative estimate of drug-likeness (QED) is 0.307. The number of rotatable bonds is 11. The summed E-state index contributed by atoms with van der Waals surface area (Å²) in [4.78, 5) is 23.1. The van der Waals surface area contributed by atoms with Crippen molar-refractivity contribution in [2.75, 3.05) is 13.2 Å². The molecule has 1 N–H and O–H groups in total. The Kier molecular flexibility index (Phi) is 10.3. The summed E-state index contributed by atoms with van der Waals surface area (Å²) in [7, 11) is 0. The number of ether oxygens (including phenoxy) is 4. The first kappa shape index (κ1) is 29.2. The first-order valence-corrected chi connectivity index (χ1v) is 12.5. The van der Waals surface area contributed by atoms with Crippen LogP contribution in [0.3, 0.4) is 0 Å². The van der Waals surface area contributed by atoms with Gasteiger partial charge in [-0.25, -0.2) is 0 Å². The molecule has 7 nitrogen and oxygen atoms in total. The van der Waals surface area contributed by atoms with Crippen LogP contribution in [0.15, 0.2) is 12.1 Å². The fourth-order valence-electron chi connectivity index (χ4n) is 4.16. The Morgan fingerprint density at radius 2 is 1.47 bits per heavy atom. The van der Waals surface area contributed by atoms with Gasteiger partial charge in [-0.1, -0.05) is 13.8 Å². The normalized spacial score (nSPS) is 11.9. The molecule has 0 bridgehead atoms. The first-order chi connectivity index (χ1) is 16.9. The van der Waals surface area contributed by atoms with E-state index >= 15 is 0 Å². The summed E-state index contributed by atoms with van der Waals surface area (Å²) in [5.74, 6) is 2.26. The zero-order chi connectivity index (χ0) is 27.2. The van der Waals surface area contributed by atoms with Gasteiger partial charge in [0, 0.05) is 43.6 Å². The third-order valence-electron chi connectivity index (χ3n) is 6.09. The van der Waals surface area contributed by atoms with Gasteiger partial charge < -0.3 is 24.3 Å².